The molecular weight excluding hydrogens is 478 g/mol. The molecule has 2 aromatic rings. The second-order valence-electron chi connectivity index (χ2n) is 6.26. The summed E-state index contributed by atoms with van der Waals surface area (Å²) in [5, 5.41) is 0. The van der Waals surface area contributed by atoms with E-state index in [1.165, 1.54) is 19.3 Å². The predicted octanol–water partition coefficient (Wildman–Crippen LogP) is 5.96. The van der Waals surface area contributed by atoms with E-state index in [9.17, 15) is 0 Å². The van der Waals surface area contributed by atoms with Gasteiger partial charge < -0.3 is 14.4 Å². The van der Waals surface area contributed by atoms with Gasteiger partial charge in [0.25, 0.3) is 0 Å². The minimum atomic E-state index is 0.470. The molecule has 138 valence electrons. The van der Waals surface area contributed by atoms with Crippen LogP contribution in [0.15, 0.2) is 45.3 Å². The van der Waals surface area contributed by atoms with E-state index >= 15 is 0 Å². The molecule has 0 radical (unpaired) electrons. The van der Waals surface area contributed by atoms with Crippen molar-refractivity contribution in [1.29, 1.82) is 0 Å². The quantitative estimate of drug-likeness (QED) is 0.474. The van der Waals surface area contributed by atoms with E-state index in [1.54, 1.807) is 7.11 Å². The molecular formula is C20H21Br2NO2S. The lowest BCUT2D eigenvalue weighted by molar-refractivity contribution is 0.282. The van der Waals surface area contributed by atoms with Crippen molar-refractivity contribution in [2.45, 2.75) is 25.9 Å². The summed E-state index contributed by atoms with van der Waals surface area (Å²) in [7, 11) is 1.65. The normalized spacial score (nSPS) is 14.2. The number of thiocarbonyl (C=S) groups is 1. The van der Waals surface area contributed by atoms with Gasteiger partial charge >= 0.3 is 0 Å². The van der Waals surface area contributed by atoms with Crippen LogP contribution in [0.5, 0.6) is 11.5 Å². The number of nitrogens with zero attached hydrogens (tertiary/aromatic N) is 1. The number of methoxy groups -OCH3 is 1. The van der Waals surface area contributed by atoms with Crippen LogP contribution in [0, 0.1) is 0 Å². The lowest BCUT2D eigenvalue weighted by Crippen LogP contribution is -2.34. The third kappa shape index (κ3) is 4.78. The number of hydrogen-bond donors (Lipinski definition) is 0. The van der Waals surface area contributed by atoms with Gasteiger partial charge in [-0.1, -0.05) is 40.3 Å². The Morgan fingerprint density at radius 2 is 1.77 bits per heavy atom. The largest absolute Gasteiger partial charge is 0.493 e. The molecule has 1 saturated heterocycles. The molecule has 1 aliphatic rings. The zero-order chi connectivity index (χ0) is 18.5. The maximum Gasteiger partial charge on any atom is 0.175 e. The van der Waals surface area contributed by atoms with E-state index in [4.69, 9.17) is 21.7 Å². The van der Waals surface area contributed by atoms with Crippen molar-refractivity contribution >= 4 is 49.1 Å². The molecule has 0 spiro atoms. The molecule has 0 amide bonds. The molecule has 0 atom stereocenters. The predicted molar refractivity (Wildman–Crippen MR) is 116 cm³/mol. The molecule has 26 heavy (non-hydrogen) atoms. The Hall–Kier alpha value is -1.11. The number of likely N-dealkylation sites (tertiary alicyclic amines) is 1. The van der Waals surface area contributed by atoms with Crippen LogP contribution in [0.3, 0.4) is 0 Å². The van der Waals surface area contributed by atoms with Crippen LogP contribution in [0.2, 0.25) is 0 Å². The van der Waals surface area contributed by atoms with Gasteiger partial charge in [-0.2, -0.15) is 0 Å². The second kappa shape index (κ2) is 9.20. The number of rotatable bonds is 5. The van der Waals surface area contributed by atoms with E-state index in [0.29, 0.717) is 18.1 Å². The van der Waals surface area contributed by atoms with Crippen molar-refractivity contribution < 1.29 is 9.47 Å². The minimum absolute atomic E-state index is 0.470. The smallest absolute Gasteiger partial charge is 0.175 e. The van der Waals surface area contributed by atoms with Gasteiger partial charge in [-0.15, -0.1) is 0 Å². The van der Waals surface area contributed by atoms with E-state index in [2.05, 4.69) is 36.8 Å². The van der Waals surface area contributed by atoms with Crippen LogP contribution in [0.4, 0.5) is 0 Å². The zero-order valence-electron chi connectivity index (χ0n) is 14.6. The molecule has 6 heteroatoms. The summed E-state index contributed by atoms with van der Waals surface area (Å²) in [6.07, 6.45) is 3.69. The molecule has 0 saturated carbocycles. The monoisotopic (exact) mass is 497 g/mol. The first-order valence-electron chi connectivity index (χ1n) is 8.62. The fraction of sp³-hybridized carbons (Fsp3) is 0.350. The van der Waals surface area contributed by atoms with Crippen molar-refractivity contribution in [2.24, 2.45) is 0 Å². The summed E-state index contributed by atoms with van der Waals surface area (Å²) in [6, 6.07) is 12.1. The molecule has 0 unspecified atom stereocenters. The highest BCUT2D eigenvalue weighted by Crippen LogP contribution is 2.38. The first kappa shape index (κ1) is 19.6. The van der Waals surface area contributed by atoms with Crippen molar-refractivity contribution in [3.8, 4) is 11.5 Å². The average Bonchev–Trinajstić information content (AvgIpc) is 2.68. The molecule has 2 aromatic carbocycles. The minimum Gasteiger partial charge on any atom is -0.493 e. The lowest BCUT2D eigenvalue weighted by Gasteiger charge is -2.29. The highest BCUT2D eigenvalue weighted by Gasteiger charge is 2.19. The first-order chi connectivity index (χ1) is 12.6. The van der Waals surface area contributed by atoms with Crippen LogP contribution < -0.4 is 9.47 Å². The summed E-state index contributed by atoms with van der Waals surface area (Å²) in [4.78, 5) is 3.16. The molecule has 0 aromatic heterocycles. The number of halogens is 2. The lowest BCUT2D eigenvalue weighted by atomic mass is 10.1. The summed E-state index contributed by atoms with van der Waals surface area (Å²) < 4.78 is 13.5. The fourth-order valence-corrected chi connectivity index (χ4v) is 4.12. The van der Waals surface area contributed by atoms with Crippen LogP contribution in [0.25, 0.3) is 0 Å². The standard InChI is InChI=1S/C20H21Br2NO2S/c1-24-18-12-15(20(26)23-9-3-2-4-10-23)11-17(22)19(18)25-13-14-5-7-16(21)8-6-14/h5-8,11-12H,2-4,9-10,13H2,1H3. The van der Waals surface area contributed by atoms with E-state index in [0.717, 1.165) is 38.2 Å². The maximum atomic E-state index is 6.02. The zero-order valence-corrected chi connectivity index (χ0v) is 18.6. The highest BCUT2D eigenvalue weighted by molar-refractivity contribution is 9.10. The van der Waals surface area contributed by atoms with Crippen molar-refractivity contribution in [2.75, 3.05) is 20.2 Å². The molecule has 1 heterocycles. The van der Waals surface area contributed by atoms with Crippen LogP contribution in [-0.4, -0.2) is 30.1 Å². The van der Waals surface area contributed by atoms with Crippen molar-refractivity contribution in [3.63, 3.8) is 0 Å². The van der Waals surface area contributed by atoms with Gasteiger partial charge in [0.2, 0.25) is 0 Å². The van der Waals surface area contributed by atoms with E-state index in [1.807, 2.05) is 36.4 Å². The number of ether oxygens (including phenoxy) is 2. The highest BCUT2D eigenvalue weighted by atomic mass is 79.9. The Morgan fingerprint density at radius 3 is 2.42 bits per heavy atom. The molecule has 0 bridgehead atoms. The summed E-state index contributed by atoms with van der Waals surface area (Å²) >= 11 is 12.8. The summed E-state index contributed by atoms with van der Waals surface area (Å²) in [5.74, 6) is 1.38. The van der Waals surface area contributed by atoms with Crippen LogP contribution in [-0.2, 0) is 6.61 Å². The Labute approximate surface area is 176 Å². The van der Waals surface area contributed by atoms with Crippen molar-refractivity contribution in [1.82, 2.24) is 4.90 Å². The van der Waals surface area contributed by atoms with E-state index in [-0.39, 0.29) is 0 Å². The molecule has 3 nitrogen and oxygen atoms in total. The number of piperidine rings is 1. The van der Waals surface area contributed by atoms with Gasteiger partial charge in [0.05, 0.1) is 11.6 Å². The Bertz CT molecular complexity index is 774. The third-order valence-electron chi connectivity index (χ3n) is 4.42. The summed E-state index contributed by atoms with van der Waals surface area (Å²) in [5.41, 5.74) is 2.08. The summed E-state index contributed by atoms with van der Waals surface area (Å²) in [6.45, 7) is 2.53. The number of hydrogen-bond acceptors (Lipinski definition) is 3. The maximum absolute atomic E-state index is 6.02. The average molecular weight is 499 g/mol. The van der Waals surface area contributed by atoms with Gasteiger partial charge in [0, 0.05) is 23.1 Å². The third-order valence-corrected chi connectivity index (χ3v) is 6.03. The fourth-order valence-electron chi connectivity index (χ4n) is 3.00. The van der Waals surface area contributed by atoms with E-state index < -0.39 is 0 Å². The van der Waals surface area contributed by atoms with Gasteiger partial charge in [-0.3, -0.25) is 0 Å². The van der Waals surface area contributed by atoms with Crippen LogP contribution >= 0.6 is 44.1 Å². The molecule has 0 N–H and O–H groups in total. The van der Waals surface area contributed by atoms with Gasteiger partial charge in [-0.25, -0.2) is 0 Å². The van der Waals surface area contributed by atoms with Gasteiger partial charge in [-0.05, 0) is 65.0 Å². The number of benzene rings is 2. The topological polar surface area (TPSA) is 21.7 Å². The van der Waals surface area contributed by atoms with Crippen LogP contribution in [0.1, 0.15) is 30.4 Å². The van der Waals surface area contributed by atoms with Gasteiger partial charge in [0.15, 0.2) is 11.5 Å². The van der Waals surface area contributed by atoms with Gasteiger partial charge in [0.1, 0.15) is 11.6 Å². The Balaban J connectivity index is 1.78. The molecule has 3 rings (SSSR count). The van der Waals surface area contributed by atoms with Crippen molar-refractivity contribution in [3.05, 3.63) is 56.5 Å². The molecule has 1 fully saturated rings. The first-order valence-corrected chi connectivity index (χ1v) is 10.6. The Kier molecular flexibility index (Phi) is 6.95. The molecule has 1 aliphatic heterocycles. The second-order valence-corrected chi connectivity index (χ2v) is 8.41. The Morgan fingerprint density at radius 1 is 1.08 bits per heavy atom. The SMILES string of the molecule is COc1cc(C(=S)N2CCCCC2)cc(Br)c1OCc1ccc(Br)cc1. The molecule has 0 aliphatic carbocycles.